The first kappa shape index (κ1) is 11.1. The molecular weight excluding hydrogens is 202 g/mol. The molecule has 0 spiro atoms. The first-order valence-electron chi connectivity index (χ1n) is 5.73. The van der Waals surface area contributed by atoms with Crippen LogP contribution in [0.3, 0.4) is 0 Å². The third-order valence-corrected chi connectivity index (χ3v) is 2.77. The number of rotatable bonds is 2. The van der Waals surface area contributed by atoms with Gasteiger partial charge >= 0.3 is 0 Å². The number of carbonyl (C=O) groups is 1. The summed E-state index contributed by atoms with van der Waals surface area (Å²) in [6.45, 7) is 2.84. The van der Waals surface area contributed by atoms with Crippen molar-refractivity contribution in [2.75, 3.05) is 11.9 Å². The van der Waals surface area contributed by atoms with E-state index in [1.54, 1.807) is 0 Å². The van der Waals surface area contributed by atoms with E-state index < -0.39 is 0 Å². The van der Waals surface area contributed by atoms with Crippen molar-refractivity contribution in [3.05, 3.63) is 23.9 Å². The number of amides is 1. The lowest BCUT2D eigenvalue weighted by atomic mass is 10.0. The first-order chi connectivity index (χ1) is 7.75. The Balaban J connectivity index is 1.96. The van der Waals surface area contributed by atoms with Crippen LogP contribution in [0.1, 0.15) is 25.0 Å². The molecule has 2 rings (SSSR count). The minimum absolute atomic E-state index is 0.0257. The Morgan fingerprint density at radius 1 is 1.50 bits per heavy atom. The molecule has 0 aliphatic carbocycles. The van der Waals surface area contributed by atoms with Gasteiger partial charge in [0.15, 0.2) is 0 Å². The third kappa shape index (κ3) is 2.79. The number of nitrogens with one attached hydrogen (secondary N) is 2. The van der Waals surface area contributed by atoms with Crippen LogP contribution in [0.5, 0.6) is 0 Å². The number of anilines is 1. The minimum atomic E-state index is -0.0592. The fourth-order valence-electron chi connectivity index (χ4n) is 1.90. The maximum absolute atomic E-state index is 11.9. The molecule has 1 aromatic heterocycles. The summed E-state index contributed by atoms with van der Waals surface area (Å²) >= 11 is 0. The van der Waals surface area contributed by atoms with E-state index in [9.17, 15) is 4.79 Å². The second-order valence-electron chi connectivity index (χ2n) is 4.16. The van der Waals surface area contributed by atoms with Gasteiger partial charge in [-0.15, -0.1) is 0 Å². The van der Waals surface area contributed by atoms with Gasteiger partial charge in [-0.2, -0.15) is 0 Å². The molecule has 4 heteroatoms. The highest BCUT2D eigenvalue weighted by Crippen LogP contribution is 2.10. The lowest BCUT2D eigenvalue weighted by molar-refractivity contribution is -0.118. The average Bonchev–Trinajstić information content (AvgIpc) is 2.30. The molecule has 2 N–H and O–H groups in total. The van der Waals surface area contributed by atoms with Gasteiger partial charge in [0, 0.05) is 5.69 Å². The van der Waals surface area contributed by atoms with Crippen molar-refractivity contribution in [1.82, 2.24) is 10.3 Å². The summed E-state index contributed by atoms with van der Waals surface area (Å²) in [5, 5.41) is 6.05. The number of piperidine rings is 1. The topological polar surface area (TPSA) is 54.0 Å². The third-order valence-electron chi connectivity index (χ3n) is 2.77. The van der Waals surface area contributed by atoms with Crippen molar-refractivity contribution >= 4 is 11.7 Å². The zero-order valence-corrected chi connectivity index (χ0v) is 9.49. The van der Waals surface area contributed by atoms with Crippen LogP contribution >= 0.6 is 0 Å². The highest BCUT2D eigenvalue weighted by atomic mass is 16.2. The Kier molecular flexibility index (Phi) is 3.51. The van der Waals surface area contributed by atoms with Crippen LogP contribution < -0.4 is 10.6 Å². The maximum atomic E-state index is 11.9. The van der Waals surface area contributed by atoms with E-state index in [1.807, 2.05) is 25.1 Å². The smallest absolute Gasteiger partial charge is 0.242 e. The SMILES string of the molecule is Cc1cccc(NC(=O)[C@H]2CCCCN2)n1. The fraction of sp³-hybridized carbons (Fsp3) is 0.500. The molecule has 1 amide bonds. The number of pyridine rings is 1. The van der Waals surface area contributed by atoms with Crippen molar-refractivity contribution in [3.63, 3.8) is 0 Å². The Bertz CT molecular complexity index is 372. The number of aromatic nitrogens is 1. The van der Waals surface area contributed by atoms with Crippen LogP contribution in [-0.4, -0.2) is 23.5 Å². The van der Waals surface area contributed by atoms with Gasteiger partial charge in [-0.25, -0.2) is 4.98 Å². The molecule has 2 heterocycles. The van der Waals surface area contributed by atoms with Gasteiger partial charge in [-0.3, -0.25) is 4.79 Å². The van der Waals surface area contributed by atoms with Crippen molar-refractivity contribution in [2.45, 2.75) is 32.2 Å². The zero-order chi connectivity index (χ0) is 11.4. The van der Waals surface area contributed by atoms with Gasteiger partial charge in [0.1, 0.15) is 5.82 Å². The first-order valence-corrected chi connectivity index (χ1v) is 5.73. The molecule has 1 fully saturated rings. The predicted molar refractivity (Wildman–Crippen MR) is 63.2 cm³/mol. The molecule has 0 unspecified atom stereocenters. The highest BCUT2D eigenvalue weighted by Gasteiger charge is 2.20. The number of hydrogen-bond donors (Lipinski definition) is 2. The van der Waals surface area contributed by atoms with Crippen LogP contribution in [-0.2, 0) is 4.79 Å². The van der Waals surface area contributed by atoms with Crippen molar-refractivity contribution < 1.29 is 4.79 Å². The van der Waals surface area contributed by atoms with E-state index in [0.717, 1.165) is 31.5 Å². The van der Waals surface area contributed by atoms with Gasteiger partial charge in [0.2, 0.25) is 5.91 Å². The Morgan fingerprint density at radius 2 is 2.38 bits per heavy atom. The number of carbonyl (C=O) groups excluding carboxylic acids is 1. The average molecular weight is 219 g/mol. The molecular formula is C12H17N3O. The zero-order valence-electron chi connectivity index (χ0n) is 9.49. The summed E-state index contributed by atoms with van der Waals surface area (Å²) in [5.41, 5.74) is 0.911. The van der Waals surface area contributed by atoms with Gasteiger partial charge in [-0.1, -0.05) is 12.5 Å². The van der Waals surface area contributed by atoms with E-state index in [2.05, 4.69) is 15.6 Å². The van der Waals surface area contributed by atoms with E-state index in [1.165, 1.54) is 0 Å². The lowest BCUT2D eigenvalue weighted by Gasteiger charge is -2.22. The Hall–Kier alpha value is -1.42. The molecule has 0 saturated carbocycles. The molecule has 1 atom stereocenters. The predicted octanol–water partition coefficient (Wildman–Crippen LogP) is 1.47. The van der Waals surface area contributed by atoms with Gasteiger partial charge < -0.3 is 10.6 Å². The van der Waals surface area contributed by atoms with Crippen LogP contribution in [0.4, 0.5) is 5.82 Å². The standard InChI is InChI=1S/C12H17N3O/c1-9-5-4-7-11(14-9)15-12(16)10-6-2-3-8-13-10/h4-5,7,10,13H,2-3,6,8H2,1H3,(H,14,15,16)/t10-/m1/s1. The van der Waals surface area contributed by atoms with Crippen LogP contribution in [0.15, 0.2) is 18.2 Å². The second-order valence-corrected chi connectivity index (χ2v) is 4.16. The van der Waals surface area contributed by atoms with E-state index in [0.29, 0.717) is 5.82 Å². The highest BCUT2D eigenvalue weighted by molar-refractivity contribution is 5.94. The summed E-state index contributed by atoms with van der Waals surface area (Å²) in [4.78, 5) is 16.1. The van der Waals surface area contributed by atoms with Gasteiger partial charge in [-0.05, 0) is 38.4 Å². The van der Waals surface area contributed by atoms with Crippen LogP contribution in [0.25, 0.3) is 0 Å². The normalized spacial score (nSPS) is 20.4. The molecule has 0 radical (unpaired) electrons. The molecule has 0 aromatic carbocycles. The van der Waals surface area contributed by atoms with E-state index in [-0.39, 0.29) is 11.9 Å². The van der Waals surface area contributed by atoms with Crippen molar-refractivity contribution in [3.8, 4) is 0 Å². The Morgan fingerprint density at radius 3 is 3.06 bits per heavy atom. The summed E-state index contributed by atoms with van der Waals surface area (Å²) in [6, 6.07) is 5.56. The number of nitrogens with zero attached hydrogens (tertiary/aromatic N) is 1. The number of aryl methyl sites for hydroxylation is 1. The molecule has 0 bridgehead atoms. The molecule has 1 saturated heterocycles. The molecule has 1 aliphatic heterocycles. The maximum Gasteiger partial charge on any atom is 0.242 e. The summed E-state index contributed by atoms with van der Waals surface area (Å²) in [7, 11) is 0. The van der Waals surface area contributed by atoms with E-state index >= 15 is 0 Å². The molecule has 1 aromatic rings. The molecule has 16 heavy (non-hydrogen) atoms. The van der Waals surface area contributed by atoms with Gasteiger partial charge in [0.05, 0.1) is 6.04 Å². The molecule has 1 aliphatic rings. The lowest BCUT2D eigenvalue weighted by Crippen LogP contribution is -2.43. The van der Waals surface area contributed by atoms with Crippen LogP contribution in [0.2, 0.25) is 0 Å². The molecule has 4 nitrogen and oxygen atoms in total. The Labute approximate surface area is 95.5 Å². The summed E-state index contributed by atoms with van der Waals surface area (Å²) in [5.74, 6) is 0.662. The van der Waals surface area contributed by atoms with E-state index in [4.69, 9.17) is 0 Å². The van der Waals surface area contributed by atoms with Crippen LogP contribution in [0, 0.1) is 6.92 Å². The van der Waals surface area contributed by atoms with Crippen molar-refractivity contribution in [2.24, 2.45) is 0 Å². The quantitative estimate of drug-likeness (QED) is 0.792. The monoisotopic (exact) mass is 219 g/mol. The summed E-state index contributed by atoms with van der Waals surface area (Å²) in [6.07, 6.45) is 3.19. The number of hydrogen-bond acceptors (Lipinski definition) is 3. The summed E-state index contributed by atoms with van der Waals surface area (Å²) < 4.78 is 0. The fourth-order valence-corrected chi connectivity index (χ4v) is 1.90. The minimum Gasteiger partial charge on any atom is -0.309 e. The van der Waals surface area contributed by atoms with Crippen molar-refractivity contribution in [1.29, 1.82) is 0 Å². The largest absolute Gasteiger partial charge is 0.309 e. The molecule has 86 valence electrons. The van der Waals surface area contributed by atoms with Gasteiger partial charge in [0.25, 0.3) is 0 Å². The second kappa shape index (κ2) is 5.07.